The van der Waals surface area contributed by atoms with Crippen molar-refractivity contribution in [1.29, 1.82) is 0 Å². The minimum atomic E-state index is -4.17. The lowest BCUT2D eigenvalue weighted by Crippen LogP contribution is -2.52. The van der Waals surface area contributed by atoms with Crippen LogP contribution in [0.15, 0.2) is 71.5 Å². The third-order valence-corrected chi connectivity index (χ3v) is 10.8. The number of fused-ring (bicyclic) bond motifs is 3. The summed E-state index contributed by atoms with van der Waals surface area (Å²) in [4.78, 5) is 4.20. The van der Waals surface area contributed by atoms with E-state index in [9.17, 15) is 18.6 Å². The molecule has 0 bridgehead atoms. The Hall–Kier alpha value is -2.54. The highest BCUT2D eigenvalue weighted by atomic mass is 79.9. The number of aliphatic hydroxyl groups is 2. The highest BCUT2D eigenvalue weighted by Gasteiger charge is 2.79. The quantitative estimate of drug-likeness (QED) is 0.457. The van der Waals surface area contributed by atoms with Gasteiger partial charge in [-0.05, 0) is 23.3 Å². The first-order valence-electron chi connectivity index (χ1n) is 12.3. The van der Waals surface area contributed by atoms with Crippen molar-refractivity contribution in [3.05, 3.63) is 88.2 Å². The highest BCUT2D eigenvalue weighted by Crippen LogP contribution is 2.69. The molecule has 1 aliphatic carbocycles. The van der Waals surface area contributed by atoms with Crippen molar-refractivity contribution in [3.63, 3.8) is 0 Å². The maximum atomic E-state index is 14.3. The zero-order valence-corrected chi connectivity index (χ0v) is 22.9. The van der Waals surface area contributed by atoms with Crippen molar-refractivity contribution in [1.82, 2.24) is 9.29 Å². The molecule has 11 heteroatoms. The number of nitrogens with zero attached hydrogens (tertiary/aromatic N) is 2. The molecular formula is C27H27BrN2O7S. The maximum absolute atomic E-state index is 14.3. The Kier molecular flexibility index (Phi) is 6.29. The van der Waals surface area contributed by atoms with E-state index >= 15 is 0 Å². The van der Waals surface area contributed by atoms with Gasteiger partial charge in [-0.15, -0.1) is 0 Å². The van der Waals surface area contributed by atoms with Crippen LogP contribution in [0.4, 0.5) is 0 Å². The number of sulfonamides is 1. The minimum Gasteiger partial charge on any atom is -0.495 e. The molecule has 200 valence electrons. The zero-order chi connectivity index (χ0) is 26.7. The summed E-state index contributed by atoms with van der Waals surface area (Å²) in [6.07, 6.45) is 1.10. The van der Waals surface area contributed by atoms with Crippen molar-refractivity contribution >= 4 is 26.0 Å². The van der Waals surface area contributed by atoms with Crippen molar-refractivity contribution in [3.8, 4) is 11.5 Å². The van der Waals surface area contributed by atoms with Gasteiger partial charge >= 0.3 is 0 Å². The summed E-state index contributed by atoms with van der Waals surface area (Å²) in [6.45, 7) is 0.806. The Morgan fingerprint density at radius 1 is 1.08 bits per heavy atom. The molecule has 38 heavy (non-hydrogen) atoms. The van der Waals surface area contributed by atoms with Gasteiger partial charge in [0.1, 0.15) is 22.9 Å². The Labute approximate surface area is 229 Å². The largest absolute Gasteiger partial charge is 0.495 e. The Balaban J connectivity index is 1.68. The standard InChI is InChI=1S/C27H27BrN2O7S/c1-35-20-15-29-16-21-23(20)26(32)25(31)24(38(33,34)30-11-13-36-14-12-30)22(17-5-3-2-4-6-17)27(26,37-21)18-7-9-19(28)10-8-18/h2-10,15-16,22,24-25,31-32H,11-14H2,1H3. The van der Waals surface area contributed by atoms with Gasteiger partial charge in [-0.3, -0.25) is 4.98 Å². The molecule has 0 amide bonds. The number of benzene rings is 2. The van der Waals surface area contributed by atoms with Gasteiger partial charge in [-0.1, -0.05) is 58.4 Å². The smallest absolute Gasteiger partial charge is 0.220 e. The van der Waals surface area contributed by atoms with E-state index in [2.05, 4.69) is 20.9 Å². The van der Waals surface area contributed by atoms with Gasteiger partial charge in [0.05, 0.1) is 44.2 Å². The number of pyridine rings is 1. The molecule has 2 N–H and O–H groups in total. The molecule has 5 atom stereocenters. The van der Waals surface area contributed by atoms with Crippen LogP contribution >= 0.6 is 15.9 Å². The van der Waals surface area contributed by atoms with Crippen LogP contribution in [0.5, 0.6) is 11.5 Å². The molecule has 1 saturated heterocycles. The van der Waals surface area contributed by atoms with Crippen LogP contribution in [-0.4, -0.2) is 72.7 Å². The van der Waals surface area contributed by atoms with Gasteiger partial charge in [-0.2, -0.15) is 4.31 Å². The van der Waals surface area contributed by atoms with E-state index in [1.807, 2.05) is 6.07 Å². The predicted octanol–water partition coefficient (Wildman–Crippen LogP) is 2.52. The van der Waals surface area contributed by atoms with Gasteiger partial charge < -0.3 is 24.4 Å². The van der Waals surface area contributed by atoms with Gasteiger partial charge in [0.15, 0.2) is 11.2 Å². The first-order valence-corrected chi connectivity index (χ1v) is 14.6. The zero-order valence-electron chi connectivity index (χ0n) is 20.5. The molecule has 1 saturated carbocycles. The van der Waals surface area contributed by atoms with E-state index in [1.165, 1.54) is 23.8 Å². The molecule has 9 nitrogen and oxygen atoms in total. The summed E-state index contributed by atoms with van der Waals surface area (Å²) in [5, 5.41) is 23.5. The predicted molar refractivity (Wildman–Crippen MR) is 141 cm³/mol. The molecule has 3 aliphatic rings. The molecule has 0 spiro atoms. The number of ether oxygens (including phenoxy) is 3. The molecule has 2 aliphatic heterocycles. The molecular weight excluding hydrogens is 576 g/mol. The summed E-state index contributed by atoms with van der Waals surface area (Å²) >= 11 is 3.46. The van der Waals surface area contributed by atoms with E-state index in [1.54, 1.807) is 48.5 Å². The average molecular weight is 603 g/mol. The SMILES string of the molecule is COc1cncc2c1C1(O)C(O)C(S(=O)(=O)N3CCOCC3)C(c3ccccc3)C1(c1ccc(Br)cc1)O2. The van der Waals surface area contributed by atoms with Crippen LogP contribution in [0.25, 0.3) is 0 Å². The van der Waals surface area contributed by atoms with Crippen molar-refractivity contribution in [2.75, 3.05) is 33.4 Å². The average Bonchev–Trinajstić information content (AvgIpc) is 3.33. The second kappa shape index (κ2) is 9.29. The lowest BCUT2D eigenvalue weighted by Gasteiger charge is -2.41. The van der Waals surface area contributed by atoms with E-state index in [-0.39, 0.29) is 43.4 Å². The third kappa shape index (κ3) is 3.42. The van der Waals surface area contributed by atoms with E-state index in [4.69, 9.17) is 14.2 Å². The fourth-order valence-corrected chi connectivity index (χ4v) is 8.82. The fraction of sp³-hybridized carbons (Fsp3) is 0.370. The highest BCUT2D eigenvalue weighted by molar-refractivity contribution is 9.10. The summed E-state index contributed by atoms with van der Waals surface area (Å²) in [5.74, 6) is -0.592. The van der Waals surface area contributed by atoms with Crippen molar-refractivity contribution in [2.45, 2.75) is 28.5 Å². The Morgan fingerprint density at radius 2 is 1.76 bits per heavy atom. The van der Waals surface area contributed by atoms with Crippen LogP contribution in [-0.2, 0) is 26.0 Å². The van der Waals surface area contributed by atoms with Crippen molar-refractivity contribution in [2.24, 2.45) is 0 Å². The molecule has 0 radical (unpaired) electrons. The number of hydrogen-bond acceptors (Lipinski definition) is 8. The number of aromatic nitrogens is 1. The summed E-state index contributed by atoms with van der Waals surface area (Å²) in [7, 11) is -2.74. The number of methoxy groups -OCH3 is 1. The topological polar surface area (TPSA) is 118 Å². The summed E-state index contributed by atoms with van der Waals surface area (Å²) in [5.41, 5.74) is -2.64. The second-order valence-electron chi connectivity index (χ2n) is 9.68. The number of morpholine rings is 1. The van der Waals surface area contributed by atoms with E-state index in [0.29, 0.717) is 11.1 Å². The number of rotatable bonds is 5. The van der Waals surface area contributed by atoms with Crippen LogP contribution < -0.4 is 9.47 Å². The monoisotopic (exact) mass is 602 g/mol. The maximum Gasteiger partial charge on any atom is 0.220 e. The van der Waals surface area contributed by atoms with Crippen molar-refractivity contribution < 1.29 is 32.8 Å². The minimum absolute atomic E-state index is 0.154. The van der Waals surface area contributed by atoms with E-state index in [0.717, 1.165) is 4.47 Å². The van der Waals surface area contributed by atoms with Gasteiger partial charge in [0, 0.05) is 17.6 Å². The summed E-state index contributed by atoms with van der Waals surface area (Å²) in [6, 6.07) is 16.2. The summed E-state index contributed by atoms with van der Waals surface area (Å²) < 4.78 is 48.4. The molecule has 3 aromatic rings. The van der Waals surface area contributed by atoms with Gasteiger partial charge in [0.2, 0.25) is 10.0 Å². The van der Waals surface area contributed by atoms with E-state index < -0.39 is 38.5 Å². The first kappa shape index (κ1) is 25.7. The number of aliphatic hydroxyl groups excluding tert-OH is 1. The van der Waals surface area contributed by atoms with Crippen LogP contribution in [0.1, 0.15) is 22.6 Å². The molecule has 1 aromatic heterocycles. The van der Waals surface area contributed by atoms with Gasteiger partial charge in [-0.25, -0.2) is 8.42 Å². The first-order chi connectivity index (χ1) is 18.3. The normalized spacial score (nSPS) is 30.9. The van der Waals surface area contributed by atoms with Crippen LogP contribution in [0, 0.1) is 0 Å². The Morgan fingerprint density at radius 3 is 2.42 bits per heavy atom. The number of hydrogen-bond donors (Lipinski definition) is 2. The molecule has 2 fully saturated rings. The van der Waals surface area contributed by atoms with Gasteiger partial charge in [0.25, 0.3) is 0 Å². The molecule has 5 unspecified atom stereocenters. The molecule has 3 heterocycles. The lowest BCUT2D eigenvalue weighted by atomic mass is 9.71. The third-order valence-electron chi connectivity index (χ3n) is 7.93. The van der Waals surface area contributed by atoms with Crippen LogP contribution in [0.2, 0.25) is 0 Å². The Bertz CT molecular complexity index is 1450. The number of halogens is 1. The van der Waals surface area contributed by atoms with Crippen LogP contribution in [0.3, 0.4) is 0 Å². The lowest BCUT2D eigenvalue weighted by molar-refractivity contribution is -0.149. The fourth-order valence-electron chi connectivity index (χ4n) is 6.34. The molecule has 6 rings (SSSR count). The second-order valence-corrected chi connectivity index (χ2v) is 12.7. The molecule has 2 aromatic carbocycles.